The van der Waals surface area contributed by atoms with Gasteiger partial charge in [0.05, 0.1) is 33.2 Å². The molecule has 1 aliphatic rings. The highest BCUT2D eigenvalue weighted by atomic mass is 35.5. The van der Waals surface area contributed by atoms with E-state index in [9.17, 15) is 9.59 Å². The van der Waals surface area contributed by atoms with Gasteiger partial charge < -0.3 is 10.1 Å². The SMILES string of the molecule is COCCCN1C(=O)C(CC(=O)Nc2cccc(Cl)c2Cl)n2c1nc1ccccc12. The number of para-hydroxylation sites is 2. The highest BCUT2D eigenvalue weighted by Gasteiger charge is 2.40. The Morgan fingerprint density at radius 1 is 1.20 bits per heavy atom. The van der Waals surface area contributed by atoms with Crippen molar-refractivity contribution in [1.29, 1.82) is 0 Å². The van der Waals surface area contributed by atoms with E-state index in [0.29, 0.717) is 36.2 Å². The summed E-state index contributed by atoms with van der Waals surface area (Å²) in [6.07, 6.45) is 0.623. The lowest BCUT2D eigenvalue weighted by Crippen LogP contribution is -2.32. The van der Waals surface area contributed by atoms with Gasteiger partial charge in [0.15, 0.2) is 0 Å². The van der Waals surface area contributed by atoms with Gasteiger partial charge in [-0.2, -0.15) is 0 Å². The summed E-state index contributed by atoms with van der Waals surface area (Å²) in [4.78, 5) is 32.2. The molecule has 0 bridgehead atoms. The molecule has 1 unspecified atom stereocenters. The first-order valence-electron chi connectivity index (χ1n) is 9.52. The average Bonchev–Trinajstić information content (AvgIpc) is 3.22. The Bertz CT molecular complexity index is 1110. The molecule has 3 aromatic rings. The molecule has 1 aromatic heterocycles. The summed E-state index contributed by atoms with van der Waals surface area (Å²) in [6, 6.07) is 11.9. The lowest BCUT2D eigenvalue weighted by molar-refractivity contribution is -0.124. The van der Waals surface area contributed by atoms with Gasteiger partial charge in [-0.3, -0.25) is 19.1 Å². The highest BCUT2D eigenvalue weighted by Crippen LogP contribution is 2.37. The Hall–Kier alpha value is -2.61. The van der Waals surface area contributed by atoms with Gasteiger partial charge in [-0.25, -0.2) is 4.98 Å². The van der Waals surface area contributed by atoms with Crippen molar-refractivity contribution in [2.24, 2.45) is 0 Å². The third kappa shape index (κ3) is 3.76. The number of nitrogens with zero attached hydrogens (tertiary/aromatic N) is 3. The molecule has 0 radical (unpaired) electrons. The average molecular weight is 447 g/mol. The number of hydrogen-bond donors (Lipinski definition) is 1. The summed E-state index contributed by atoms with van der Waals surface area (Å²) in [5.74, 6) is 0.0579. The summed E-state index contributed by atoms with van der Waals surface area (Å²) >= 11 is 12.2. The van der Waals surface area contributed by atoms with E-state index < -0.39 is 6.04 Å². The molecule has 2 heterocycles. The number of halogens is 2. The molecule has 0 saturated carbocycles. The fourth-order valence-electron chi connectivity index (χ4n) is 3.65. The first kappa shape index (κ1) is 20.7. The Morgan fingerprint density at radius 2 is 2.00 bits per heavy atom. The Balaban J connectivity index is 1.62. The fraction of sp³-hybridized carbons (Fsp3) is 0.286. The van der Waals surface area contributed by atoms with Gasteiger partial charge in [0.2, 0.25) is 11.9 Å². The van der Waals surface area contributed by atoms with Crippen molar-refractivity contribution in [3.63, 3.8) is 0 Å². The molecule has 9 heteroatoms. The van der Waals surface area contributed by atoms with Crippen molar-refractivity contribution in [2.75, 3.05) is 30.5 Å². The number of fused-ring (bicyclic) bond motifs is 3. The number of nitrogens with one attached hydrogen (secondary N) is 1. The molecule has 30 heavy (non-hydrogen) atoms. The second kappa shape index (κ2) is 8.63. The maximum absolute atomic E-state index is 13.2. The summed E-state index contributed by atoms with van der Waals surface area (Å²) in [7, 11) is 1.62. The number of amides is 2. The molecular formula is C21H20Cl2N4O3. The zero-order valence-electron chi connectivity index (χ0n) is 16.3. The molecule has 0 spiro atoms. The molecule has 2 aromatic carbocycles. The van der Waals surface area contributed by atoms with Gasteiger partial charge in [-0.15, -0.1) is 0 Å². The zero-order chi connectivity index (χ0) is 21.3. The second-order valence-electron chi connectivity index (χ2n) is 6.98. The molecule has 7 nitrogen and oxygen atoms in total. The normalized spacial score (nSPS) is 15.6. The largest absolute Gasteiger partial charge is 0.385 e. The first-order valence-corrected chi connectivity index (χ1v) is 10.3. The predicted octanol–water partition coefficient (Wildman–Crippen LogP) is 4.30. The molecule has 4 rings (SSSR count). The Kier molecular flexibility index (Phi) is 5.94. The van der Waals surface area contributed by atoms with E-state index in [1.807, 2.05) is 28.8 Å². The predicted molar refractivity (Wildman–Crippen MR) is 117 cm³/mol. The van der Waals surface area contributed by atoms with Gasteiger partial charge in [0, 0.05) is 20.3 Å². The van der Waals surface area contributed by atoms with Gasteiger partial charge in [0.1, 0.15) is 6.04 Å². The number of benzene rings is 2. The molecule has 156 valence electrons. The molecule has 0 saturated heterocycles. The molecule has 0 fully saturated rings. The van der Waals surface area contributed by atoms with E-state index in [-0.39, 0.29) is 23.3 Å². The van der Waals surface area contributed by atoms with Crippen LogP contribution in [0.3, 0.4) is 0 Å². The highest BCUT2D eigenvalue weighted by molar-refractivity contribution is 6.44. The number of anilines is 2. The number of carbonyl (C=O) groups is 2. The number of hydrogen-bond acceptors (Lipinski definition) is 4. The summed E-state index contributed by atoms with van der Waals surface area (Å²) in [5.41, 5.74) is 2.00. The number of carbonyl (C=O) groups excluding carboxylic acids is 2. The monoisotopic (exact) mass is 446 g/mol. The zero-order valence-corrected chi connectivity index (χ0v) is 17.8. The molecule has 1 N–H and O–H groups in total. The maximum Gasteiger partial charge on any atom is 0.253 e. The first-order chi connectivity index (χ1) is 14.5. The van der Waals surface area contributed by atoms with E-state index in [4.69, 9.17) is 27.9 Å². The lowest BCUT2D eigenvalue weighted by Gasteiger charge is -2.16. The van der Waals surface area contributed by atoms with E-state index in [1.54, 1.807) is 30.2 Å². The minimum Gasteiger partial charge on any atom is -0.385 e. The minimum atomic E-state index is -0.687. The van der Waals surface area contributed by atoms with Gasteiger partial charge >= 0.3 is 0 Å². The number of aromatic nitrogens is 2. The Labute approximate surface area is 183 Å². The van der Waals surface area contributed by atoms with Crippen LogP contribution >= 0.6 is 23.2 Å². The van der Waals surface area contributed by atoms with E-state index >= 15 is 0 Å². The minimum absolute atomic E-state index is 0.0458. The molecular weight excluding hydrogens is 427 g/mol. The van der Waals surface area contributed by atoms with Crippen molar-refractivity contribution >= 4 is 57.7 Å². The quantitative estimate of drug-likeness (QED) is 0.548. The smallest absolute Gasteiger partial charge is 0.253 e. The van der Waals surface area contributed by atoms with E-state index in [1.165, 1.54) is 0 Å². The number of imidazole rings is 1. The van der Waals surface area contributed by atoms with Crippen LogP contribution in [0.1, 0.15) is 18.9 Å². The molecule has 2 amide bonds. The number of ether oxygens (including phenoxy) is 1. The Morgan fingerprint density at radius 3 is 2.80 bits per heavy atom. The number of rotatable bonds is 7. The van der Waals surface area contributed by atoms with E-state index in [0.717, 1.165) is 11.0 Å². The number of methoxy groups -OCH3 is 1. The van der Waals surface area contributed by atoms with Crippen LogP contribution in [-0.4, -0.2) is 41.6 Å². The third-order valence-corrected chi connectivity index (χ3v) is 5.83. The molecule has 1 aliphatic heterocycles. The standard InChI is InChI=1S/C21H20Cl2N4O3/c1-30-11-5-10-26-20(29)17(27-16-9-3-2-7-14(16)25-21(26)27)12-18(28)24-15-8-4-6-13(22)19(15)23/h2-4,6-9,17H,5,10-12H2,1H3,(H,24,28). The summed E-state index contributed by atoms with van der Waals surface area (Å²) < 4.78 is 6.95. The van der Waals surface area contributed by atoms with Crippen LogP contribution < -0.4 is 10.2 Å². The van der Waals surface area contributed by atoms with Crippen LogP contribution in [-0.2, 0) is 14.3 Å². The van der Waals surface area contributed by atoms with Crippen molar-refractivity contribution < 1.29 is 14.3 Å². The third-order valence-electron chi connectivity index (χ3n) is 5.02. The lowest BCUT2D eigenvalue weighted by atomic mass is 10.1. The van der Waals surface area contributed by atoms with Crippen molar-refractivity contribution in [1.82, 2.24) is 9.55 Å². The van der Waals surface area contributed by atoms with Gasteiger partial charge in [-0.1, -0.05) is 41.4 Å². The van der Waals surface area contributed by atoms with Crippen LogP contribution in [0, 0.1) is 0 Å². The van der Waals surface area contributed by atoms with Crippen molar-refractivity contribution in [3.8, 4) is 0 Å². The molecule has 1 atom stereocenters. The van der Waals surface area contributed by atoms with Crippen LogP contribution in [0.4, 0.5) is 11.6 Å². The van der Waals surface area contributed by atoms with Crippen LogP contribution in [0.2, 0.25) is 10.0 Å². The maximum atomic E-state index is 13.2. The van der Waals surface area contributed by atoms with Gasteiger partial charge in [0.25, 0.3) is 5.91 Å². The summed E-state index contributed by atoms with van der Waals surface area (Å²) in [5, 5.41) is 3.37. The fourth-order valence-corrected chi connectivity index (χ4v) is 4.00. The van der Waals surface area contributed by atoms with Crippen LogP contribution in [0.25, 0.3) is 11.0 Å². The van der Waals surface area contributed by atoms with E-state index in [2.05, 4.69) is 10.3 Å². The van der Waals surface area contributed by atoms with Crippen LogP contribution in [0.15, 0.2) is 42.5 Å². The topological polar surface area (TPSA) is 76.5 Å². The van der Waals surface area contributed by atoms with Gasteiger partial charge in [-0.05, 0) is 30.7 Å². The van der Waals surface area contributed by atoms with Crippen LogP contribution in [0.5, 0.6) is 0 Å². The second-order valence-corrected chi connectivity index (χ2v) is 7.76. The van der Waals surface area contributed by atoms with Crippen molar-refractivity contribution in [2.45, 2.75) is 18.9 Å². The van der Waals surface area contributed by atoms with Crippen molar-refractivity contribution in [3.05, 3.63) is 52.5 Å². The molecule has 0 aliphatic carbocycles. The summed E-state index contributed by atoms with van der Waals surface area (Å²) in [6.45, 7) is 0.997.